The molecule has 7 heteroatoms. The molecule has 1 aliphatic heterocycles. The molecule has 1 aliphatic rings. The van der Waals surface area contributed by atoms with Crippen LogP contribution in [0, 0.1) is 0 Å². The van der Waals surface area contributed by atoms with Gasteiger partial charge in [0.1, 0.15) is 6.04 Å². The van der Waals surface area contributed by atoms with Crippen LogP contribution in [0.3, 0.4) is 0 Å². The van der Waals surface area contributed by atoms with Gasteiger partial charge in [-0.15, -0.1) is 11.8 Å². The Labute approximate surface area is 125 Å². The van der Waals surface area contributed by atoms with Crippen LogP contribution in [0.15, 0.2) is 28.8 Å². The van der Waals surface area contributed by atoms with Gasteiger partial charge in [0, 0.05) is 23.3 Å². The summed E-state index contributed by atoms with van der Waals surface area (Å²) in [6.45, 7) is 1.55. The summed E-state index contributed by atoms with van der Waals surface area (Å²) < 4.78 is 5.31. The van der Waals surface area contributed by atoms with Gasteiger partial charge in [-0.25, -0.2) is 0 Å². The maximum Gasteiger partial charge on any atom is 0.250 e. The lowest BCUT2D eigenvalue weighted by atomic mass is 10.2. The van der Waals surface area contributed by atoms with Crippen molar-refractivity contribution in [3.63, 3.8) is 0 Å². The highest BCUT2D eigenvalue weighted by atomic mass is 35.5. The quantitative estimate of drug-likeness (QED) is 0.853. The van der Waals surface area contributed by atoms with Crippen LogP contribution < -0.4 is 0 Å². The standard InChI is InChI=1S/C13H12ClN3O2S/c1-8(18)17-7-20-6-11(17)13-15-12(16-19-13)9-3-2-4-10(14)5-9/h2-5,11H,6-7H2,1H3/t11-/m1/s1. The van der Waals surface area contributed by atoms with Gasteiger partial charge in [0.25, 0.3) is 5.89 Å². The van der Waals surface area contributed by atoms with Crippen LogP contribution in [0.25, 0.3) is 11.4 Å². The van der Waals surface area contributed by atoms with E-state index in [2.05, 4.69) is 10.1 Å². The predicted molar refractivity (Wildman–Crippen MR) is 77.3 cm³/mol. The van der Waals surface area contributed by atoms with Crippen molar-refractivity contribution in [3.05, 3.63) is 35.2 Å². The van der Waals surface area contributed by atoms with E-state index in [1.165, 1.54) is 0 Å². The summed E-state index contributed by atoms with van der Waals surface area (Å²) >= 11 is 7.63. The second kappa shape index (κ2) is 5.46. The molecule has 2 aromatic rings. The molecule has 2 heterocycles. The molecule has 0 spiro atoms. The lowest BCUT2D eigenvalue weighted by molar-refractivity contribution is -0.129. The van der Waals surface area contributed by atoms with Crippen LogP contribution in [0.4, 0.5) is 0 Å². The normalized spacial score (nSPS) is 18.5. The first kappa shape index (κ1) is 13.5. The minimum absolute atomic E-state index is 0.0162. The number of rotatable bonds is 2. The van der Waals surface area contributed by atoms with Gasteiger partial charge in [-0.05, 0) is 12.1 Å². The van der Waals surface area contributed by atoms with Crippen molar-refractivity contribution in [1.29, 1.82) is 0 Å². The summed E-state index contributed by atoms with van der Waals surface area (Å²) in [5.74, 6) is 2.41. The molecule has 0 N–H and O–H groups in total. The van der Waals surface area contributed by atoms with E-state index >= 15 is 0 Å². The molecule has 1 amide bonds. The van der Waals surface area contributed by atoms with Gasteiger partial charge in [0.05, 0.1) is 5.88 Å². The third kappa shape index (κ3) is 2.53. The zero-order valence-electron chi connectivity index (χ0n) is 10.7. The number of aromatic nitrogens is 2. The van der Waals surface area contributed by atoms with E-state index in [1.54, 1.807) is 35.7 Å². The molecule has 0 radical (unpaired) electrons. The van der Waals surface area contributed by atoms with Gasteiger partial charge in [-0.3, -0.25) is 4.79 Å². The fraction of sp³-hybridized carbons (Fsp3) is 0.308. The second-order valence-electron chi connectivity index (χ2n) is 4.47. The highest BCUT2D eigenvalue weighted by Crippen LogP contribution is 2.33. The van der Waals surface area contributed by atoms with E-state index in [9.17, 15) is 4.79 Å². The van der Waals surface area contributed by atoms with E-state index in [4.69, 9.17) is 16.1 Å². The number of thioether (sulfide) groups is 1. The maximum absolute atomic E-state index is 11.6. The Hall–Kier alpha value is -1.53. The number of hydrogen-bond acceptors (Lipinski definition) is 5. The van der Waals surface area contributed by atoms with Crippen molar-refractivity contribution in [1.82, 2.24) is 15.0 Å². The Morgan fingerprint density at radius 1 is 1.55 bits per heavy atom. The number of amides is 1. The lowest BCUT2D eigenvalue weighted by Gasteiger charge is -2.18. The molecule has 5 nitrogen and oxygen atoms in total. The van der Waals surface area contributed by atoms with Gasteiger partial charge < -0.3 is 9.42 Å². The Kier molecular flexibility index (Phi) is 3.67. The van der Waals surface area contributed by atoms with Gasteiger partial charge >= 0.3 is 0 Å². The number of carbonyl (C=O) groups excluding carboxylic acids is 1. The van der Waals surface area contributed by atoms with E-state index in [0.29, 0.717) is 22.6 Å². The maximum atomic E-state index is 11.6. The summed E-state index contributed by atoms with van der Waals surface area (Å²) in [5.41, 5.74) is 0.799. The molecule has 20 heavy (non-hydrogen) atoms. The van der Waals surface area contributed by atoms with Crippen LogP contribution in [-0.2, 0) is 4.79 Å². The summed E-state index contributed by atoms with van der Waals surface area (Å²) in [4.78, 5) is 17.7. The molecule has 0 bridgehead atoms. The highest BCUT2D eigenvalue weighted by Gasteiger charge is 2.32. The van der Waals surface area contributed by atoms with Gasteiger partial charge in [0.2, 0.25) is 11.7 Å². The molecule has 3 rings (SSSR count). The first-order chi connectivity index (χ1) is 9.65. The van der Waals surface area contributed by atoms with Crippen LogP contribution in [0.1, 0.15) is 18.9 Å². The molecule has 1 aromatic carbocycles. The highest BCUT2D eigenvalue weighted by molar-refractivity contribution is 7.99. The second-order valence-corrected chi connectivity index (χ2v) is 5.91. The van der Waals surface area contributed by atoms with E-state index in [-0.39, 0.29) is 11.9 Å². The Morgan fingerprint density at radius 2 is 2.40 bits per heavy atom. The number of carbonyl (C=O) groups is 1. The number of nitrogens with zero attached hydrogens (tertiary/aromatic N) is 3. The Morgan fingerprint density at radius 3 is 3.15 bits per heavy atom. The van der Waals surface area contributed by atoms with E-state index in [1.807, 2.05) is 12.1 Å². The molecule has 104 valence electrons. The Balaban J connectivity index is 1.89. The summed E-state index contributed by atoms with van der Waals surface area (Å²) in [6, 6.07) is 7.13. The first-order valence-electron chi connectivity index (χ1n) is 6.09. The fourth-order valence-corrected chi connectivity index (χ4v) is 3.47. The molecule has 1 aromatic heterocycles. The van der Waals surface area contributed by atoms with Crippen molar-refractivity contribution < 1.29 is 9.32 Å². The van der Waals surface area contributed by atoms with Crippen molar-refractivity contribution in [3.8, 4) is 11.4 Å². The first-order valence-corrected chi connectivity index (χ1v) is 7.63. The average molecular weight is 310 g/mol. The van der Waals surface area contributed by atoms with Crippen LogP contribution in [-0.4, -0.2) is 32.6 Å². The van der Waals surface area contributed by atoms with Crippen molar-refractivity contribution in [2.75, 3.05) is 11.6 Å². The van der Waals surface area contributed by atoms with E-state index < -0.39 is 0 Å². The van der Waals surface area contributed by atoms with Crippen molar-refractivity contribution in [2.24, 2.45) is 0 Å². The van der Waals surface area contributed by atoms with Crippen molar-refractivity contribution in [2.45, 2.75) is 13.0 Å². The number of hydrogen-bond donors (Lipinski definition) is 0. The molecular weight excluding hydrogens is 298 g/mol. The third-order valence-corrected chi connectivity index (χ3v) is 4.34. The monoisotopic (exact) mass is 309 g/mol. The zero-order valence-corrected chi connectivity index (χ0v) is 12.3. The Bertz CT molecular complexity index is 646. The van der Waals surface area contributed by atoms with Gasteiger partial charge in [-0.1, -0.05) is 28.9 Å². The minimum atomic E-state index is -0.141. The molecular formula is C13H12ClN3O2S. The third-order valence-electron chi connectivity index (χ3n) is 3.10. The largest absolute Gasteiger partial charge is 0.337 e. The lowest BCUT2D eigenvalue weighted by Crippen LogP contribution is -2.28. The minimum Gasteiger partial charge on any atom is -0.337 e. The topological polar surface area (TPSA) is 59.2 Å². The summed E-state index contributed by atoms with van der Waals surface area (Å²) in [7, 11) is 0. The van der Waals surface area contributed by atoms with Crippen molar-refractivity contribution >= 4 is 29.3 Å². The van der Waals surface area contributed by atoms with Crippen LogP contribution >= 0.6 is 23.4 Å². The molecule has 0 aliphatic carbocycles. The summed E-state index contributed by atoms with van der Waals surface area (Å²) in [6.07, 6.45) is 0. The van der Waals surface area contributed by atoms with Crippen LogP contribution in [0.2, 0.25) is 5.02 Å². The van der Waals surface area contributed by atoms with Crippen LogP contribution in [0.5, 0.6) is 0 Å². The molecule has 1 fully saturated rings. The fourth-order valence-electron chi connectivity index (χ4n) is 2.07. The SMILES string of the molecule is CC(=O)N1CSC[C@@H]1c1nc(-c2cccc(Cl)c2)no1. The average Bonchev–Trinajstić information content (AvgIpc) is 3.07. The molecule has 1 saturated heterocycles. The molecule has 0 saturated carbocycles. The molecule has 1 atom stereocenters. The van der Waals surface area contributed by atoms with Gasteiger partial charge in [0.15, 0.2) is 0 Å². The number of benzene rings is 1. The number of halogens is 1. The van der Waals surface area contributed by atoms with Gasteiger partial charge in [-0.2, -0.15) is 4.98 Å². The van der Waals surface area contributed by atoms with E-state index in [0.717, 1.165) is 11.3 Å². The zero-order chi connectivity index (χ0) is 14.1. The smallest absolute Gasteiger partial charge is 0.250 e. The summed E-state index contributed by atoms with van der Waals surface area (Å²) in [5, 5.41) is 4.59. The predicted octanol–water partition coefficient (Wildman–Crippen LogP) is 2.98. The molecule has 0 unspecified atom stereocenters.